The summed E-state index contributed by atoms with van der Waals surface area (Å²) in [6, 6.07) is 27.1. The highest BCUT2D eigenvalue weighted by atomic mass is 16.5. The van der Waals surface area contributed by atoms with Crippen LogP contribution in [0.15, 0.2) is 97.5 Å². The number of pyridine rings is 1. The number of nitrogens with zero attached hydrogens (tertiary/aromatic N) is 3. The molecule has 1 N–H and O–H groups in total. The molecule has 6 nitrogen and oxygen atoms in total. The van der Waals surface area contributed by atoms with Gasteiger partial charge in [0.15, 0.2) is 0 Å². The first-order chi connectivity index (χ1) is 16.3. The van der Waals surface area contributed by atoms with Crippen molar-refractivity contribution in [1.82, 2.24) is 15.0 Å². The van der Waals surface area contributed by atoms with Gasteiger partial charge >= 0.3 is 0 Å². The smallest absolute Gasteiger partial charge is 0.150 e. The van der Waals surface area contributed by atoms with E-state index >= 15 is 0 Å². The molecule has 0 saturated carbocycles. The Hall–Kier alpha value is -4.58. The molecule has 0 aliphatic rings. The highest BCUT2D eigenvalue weighted by molar-refractivity contribution is 5.92. The standard InChI is InChI=1S/C27H20N4O2/c32-16-20-7-4-8-21(13-20)25-14-24-26(15-28-25)29-18-30-27(24)31-22-9-11-23(12-10-22)33-17-19-5-2-1-3-6-19/h1-16,18H,17H2,(H,29,30,31). The number of nitrogens with one attached hydrogen (secondary N) is 1. The number of ether oxygens (including phenoxy) is 1. The molecule has 0 atom stereocenters. The van der Waals surface area contributed by atoms with Crippen LogP contribution < -0.4 is 10.1 Å². The number of anilines is 2. The van der Waals surface area contributed by atoms with Gasteiger partial charge in [0, 0.05) is 22.2 Å². The van der Waals surface area contributed by atoms with Crippen molar-refractivity contribution < 1.29 is 9.53 Å². The Bertz CT molecular complexity index is 1400. The summed E-state index contributed by atoms with van der Waals surface area (Å²) in [5.74, 6) is 1.46. The molecule has 5 aromatic rings. The fourth-order valence-electron chi connectivity index (χ4n) is 3.50. The molecule has 160 valence electrons. The lowest BCUT2D eigenvalue weighted by atomic mass is 10.1. The molecule has 2 aromatic heterocycles. The summed E-state index contributed by atoms with van der Waals surface area (Å²) in [4.78, 5) is 24.4. The van der Waals surface area contributed by atoms with Gasteiger partial charge in [-0.1, -0.05) is 48.5 Å². The van der Waals surface area contributed by atoms with Gasteiger partial charge in [-0.3, -0.25) is 9.78 Å². The van der Waals surface area contributed by atoms with Crippen molar-refractivity contribution in [3.63, 3.8) is 0 Å². The number of fused-ring (bicyclic) bond motifs is 1. The average molecular weight is 432 g/mol. The molecule has 0 radical (unpaired) electrons. The van der Waals surface area contributed by atoms with Crippen LogP contribution >= 0.6 is 0 Å². The summed E-state index contributed by atoms with van der Waals surface area (Å²) in [5, 5.41) is 4.20. The van der Waals surface area contributed by atoms with Crippen LogP contribution in [-0.2, 0) is 6.61 Å². The number of hydrogen-bond acceptors (Lipinski definition) is 6. The third kappa shape index (κ3) is 4.70. The average Bonchev–Trinajstić information content (AvgIpc) is 2.89. The highest BCUT2D eigenvalue weighted by Gasteiger charge is 2.09. The number of hydrogen-bond donors (Lipinski definition) is 1. The zero-order valence-corrected chi connectivity index (χ0v) is 17.7. The maximum atomic E-state index is 11.1. The van der Waals surface area contributed by atoms with Crippen LogP contribution in [0.3, 0.4) is 0 Å². The highest BCUT2D eigenvalue weighted by Crippen LogP contribution is 2.28. The summed E-state index contributed by atoms with van der Waals surface area (Å²) in [5.41, 5.74) is 4.93. The van der Waals surface area contributed by atoms with Gasteiger partial charge in [-0.25, -0.2) is 9.97 Å². The topological polar surface area (TPSA) is 77.0 Å². The third-order valence-corrected chi connectivity index (χ3v) is 5.21. The van der Waals surface area contributed by atoms with Crippen molar-refractivity contribution in [3.05, 3.63) is 109 Å². The van der Waals surface area contributed by atoms with Gasteiger partial charge in [-0.2, -0.15) is 0 Å². The summed E-state index contributed by atoms with van der Waals surface area (Å²) in [6.07, 6.45) is 4.05. The second-order valence-electron chi connectivity index (χ2n) is 7.48. The van der Waals surface area contributed by atoms with E-state index in [1.807, 2.05) is 78.9 Å². The Labute approximate surface area is 190 Å². The molecule has 0 aliphatic heterocycles. The van der Waals surface area contributed by atoms with Crippen molar-refractivity contribution in [3.8, 4) is 17.0 Å². The predicted octanol–water partition coefficient (Wildman–Crippen LogP) is 5.83. The maximum absolute atomic E-state index is 11.1. The van der Waals surface area contributed by atoms with E-state index in [-0.39, 0.29) is 0 Å². The summed E-state index contributed by atoms with van der Waals surface area (Å²) in [7, 11) is 0. The minimum Gasteiger partial charge on any atom is -0.489 e. The van der Waals surface area contributed by atoms with Gasteiger partial charge in [-0.15, -0.1) is 0 Å². The molecular formula is C27H20N4O2. The second kappa shape index (κ2) is 9.28. The molecule has 3 aromatic carbocycles. The van der Waals surface area contributed by atoms with E-state index < -0.39 is 0 Å². The number of benzene rings is 3. The first kappa shape index (κ1) is 20.3. The van der Waals surface area contributed by atoms with E-state index in [0.29, 0.717) is 18.0 Å². The van der Waals surface area contributed by atoms with Crippen LogP contribution in [-0.4, -0.2) is 21.2 Å². The van der Waals surface area contributed by atoms with Gasteiger partial charge in [0.05, 0.1) is 17.4 Å². The van der Waals surface area contributed by atoms with Gasteiger partial charge in [0.25, 0.3) is 0 Å². The summed E-state index contributed by atoms with van der Waals surface area (Å²) in [6.45, 7) is 0.519. The van der Waals surface area contributed by atoms with Crippen LogP contribution in [0.1, 0.15) is 15.9 Å². The lowest BCUT2D eigenvalue weighted by Crippen LogP contribution is -1.98. The van der Waals surface area contributed by atoms with E-state index in [9.17, 15) is 4.79 Å². The van der Waals surface area contributed by atoms with E-state index in [0.717, 1.165) is 45.4 Å². The lowest BCUT2D eigenvalue weighted by Gasteiger charge is -2.11. The van der Waals surface area contributed by atoms with Crippen molar-refractivity contribution in [2.75, 3.05) is 5.32 Å². The molecule has 5 rings (SSSR count). The Morgan fingerprint density at radius 2 is 1.70 bits per heavy atom. The normalized spacial score (nSPS) is 10.7. The zero-order valence-electron chi connectivity index (χ0n) is 17.7. The largest absolute Gasteiger partial charge is 0.489 e. The Morgan fingerprint density at radius 3 is 2.52 bits per heavy atom. The maximum Gasteiger partial charge on any atom is 0.150 e. The quantitative estimate of drug-likeness (QED) is 0.326. The molecule has 0 unspecified atom stereocenters. The molecule has 0 fully saturated rings. The van der Waals surface area contributed by atoms with Gasteiger partial charge in [0.1, 0.15) is 30.8 Å². The SMILES string of the molecule is O=Cc1cccc(-c2cc3c(Nc4ccc(OCc5ccccc5)cc4)ncnc3cn2)c1. The molecule has 0 amide bonds. The second-order valence-corrected chi connectivity index (χ2v) is 7.48. The van der Waals surface area contributed by atoms with Crippen LogP contribution in [0.25, 0.3) is 22.2 Å². The predicted molar refractivity (Wildman–Crippen MR) is 129 cm³/mol. The molecule has 0 bridgehead atoms. The van der Waals surface area contributed by atoms with Crippen molar-refractivity contribution in [2.45, 2.75) is 6.61 Å². The van der Waals surface area contributed by atoms with E-state index in [1.54, 1.807) is 12.3 Å². The number of aldehydes is 1. The summed E-state index contributed by atoms with van der Waals surface area (Å²) >= 11 is 0. The first-order valence-corrected chi connectivity index (χ1v) is 10.5. The van der Waals surface area contributed by atoms with Crippen LogP contribution in [0.2, 0.25) is 0 Å². The molecule has 6 heteroatoms. The number of rotatable bonds is 7. The molecule has 33 heavy (non-hydrogen) atoms. The van der Waals surface area contributed by atoms with E-state index in [1.165, 1.54) is 6.33 Å². The van der Waals surface area contributed by atoms with Crippen molar-refractivity contribution >= 4 is 28.7 Å². The van der Waals surface area contributed by atoms with Crippen LogP contribution in [0.5, 0.6) is 5.75 Å². The monoisotopic (exact) mass is 432 g/mol. The molecule has 0 saturated heterocycles. The number of carbonyl (C=O) groups is 1. The fraction of sp³-hybridized carbons (Fsp3) is 0.0370. The first-order valence-electron chi connectivity index (χ1n) is 10.5. The molecule has 0 aliphatic carbocycles. The number of carbonyl (C=O) groups excluding carboxylic acids is 1. The Morgan fingerprint density at radius 1 is 0.848 bits per heavy atom. The van der Waals surface area contributed by atoms with Crippen molar-refractivity contribution in [2.24, 2.45) is 0 Å². The molecular weight excluding hydrogens is 412 g/mol. The third-order valence-electron chi connectivity index (χ3n) is 5.21. The molecule has 2 heterocycles. The van der Waals surface area contributed by atoms with Gasteiger partial charge in [0.2, 0.25) is 0 Å². The van der Waals surface area contributed by atoms with Crippen molar-refractivity contribution in [1.29, 1.82) is 0 Å². The fourth-order valence-corrected chi connectivity index (χ4v) is 3.50. The van der Waals surface area contributed by atoms with E-state index in [2.05, 4.69) is 20.3 Å². The van der Waals surface area contributed by atoms with Gasteiger partial charge in [-0.05, 0) is 42.0 Å². The zero-order chi connectivity index (χ0) is 22.5. The van der Waals surface area contributed by atoms with Crippen LogP contribution in [0.4, 0.5) is 11.5 Å². The summed E-state index contributed by atoms with van der Waals surface area (Å²) < 4.78 is 5.86. The molecule has 0 spiro atoms. The minimum atomic E-state index is 0.519. The number of aromatic nitrogens is 3. The minimum absolute atomic E-state index is 0.519. The van der Waals surface area contributed by atoms with E-state index in [4.69, 9.17) is 4.74 Å². The van der Waals surface area contributed by atoms with Crippen LogP contribution in [0, 0.1) is 0 Å². The lowest BCUT2D eigenvalue weighted by molar-refractivity contribution is 0.112. The van der Waals surface area contributed by atoms with Gasteiger partial charge < -0.3 is 10.1 Å². The Balaban J connectivity index is 1.37. The Kier molecular flexibility index (Phi) is 5.72.